The predicted octanol–water partition coefficient (Wildman–Crippen LogP) is 2.16. The zero-order chi connectivity index (χ0) is 29.1. The lowest BCUT2D eigenvalue weighted by Gasteiger charge is -2.43. The van der Waals surface area contributed by atoms with E-state index < -0.39 is 15.9 Å². The zero-order valence-electron chi connectivity index (χ0n) is 23.2. The molecule has 0 N–H and O–H groups in total. The van der Waals surface area contributed by atoms with Gasteiger partial charge in [0.2, 0.25) is 11.8 Å². The minimum absolute atomic E-state index is 0.124. The van der Waals surface area contributed by atoms with E-state index in [-0.39, 0.29) is 28.9 Å². The van der Waals surface area contributed by atoms with Crippen molar-refractivity contribution in [2.45, 2.75) is 23.9 Å². The number of benzene rings is 2. The Balaban J connectivity index is 1.30. The Bertz CT molecular complexity index is 1610. The van der Waals surface area contributed by atoms with Crippen molar-refractivity contribution in [2.75, 3.05) is 58.7 Å². The highest BCUT2D eigenvalue weighted by atomic mass is 35.5. The molecule has 13 heteroatoms. The molecule has 10 nitrogen and oxygen atoms in total. The second-order valence-electron chi connectivity index (χ2n) is 10.3. The second kappa shape index (κ2) is 12.6. The first-order valence-corrected chi connectivity index (χ1v) is 16.4. The Kier molecular flexibility index (Phi) is 9.15. The molecule has 0 spiro atoms. The van der Waals surface area contributed by atoms with Crippen LogP contribution in [0.5, 0.6) is 0 Å². The number of hydrogen-bond donors (Lipinski definition) is 0. The van der Waals surface area contributed by atoms with Gasteiger partial charge in [-0.15, -0.1) is 11.3 Å². The van der Waals surface area contributed by atoms with Crippen LogP contribution in [0.4, 0.5) is 0 Å². The highest BCUT2D eigenvalue weighted by molar-refractivity contribution is 7.91. The van der Waals surface area contributed by atoms with Gasteiger partial charge in [-0.05, 0) is 35.0 Å². The largest absolute Gasteiger partial charge is 0.378 e. The highest BCUT2D eigenvalue weighted by Crippen LogP contribution is 2.24. The first-order chi connectivity index (χ1) is 19.7. The van der Waals surface area contributed by atoms with E-state index in [4.69, 9.17) is 16.3 Å². The van der Waals surface area contributed by atoms with Gasteiger partial charge in [0, 0.05) is 75.9 Å². The van der Waals surface area contributed by atoms with Crippen molar-refractivity contribution in [3.05, 3.63) is 57.3 Å². The molecule has 2 amide bonds. The lowest BCUT2D eigenvalue weighted by molar-refractivity contribution is -0.151. The minimum Gasteiger partial charge on any atom is -0.378 e. The summed E-state index contributed by atoms with van der Waals surface area (Å²) in [6, 6.07) is 9.44. The number of rotatable bonds is 7. The van der Waals surface area contributed by atoms with Crippen LogP contribution in [0, 0.1) is 0 Å². The number of hydrogen-bond acceptors (Lipinski definition) is 8. The number of aromatic nitrogens is 1. The number of carbonyl (C=O) groups is 2. The van der Waals surface area contributed by atoms with Gasteiger partial charge >= 0.3 is 0 Å². The van der Waals surface area contributed by atoms with Gasteiger partial charge in [0.25, 0.3) is 0 Å². The average Bonchev–Trinajstić information content (AvgIpc) is 3.34. The summed E-state index contributed by atoms with van der Waals surface area (Å²) in [5.74, 6) is -0.792. The van der Waals surface area contributed by atoms with Crippen LogP contribution in [0.15, 0.2) is 51.7 Å². The lowest BCUT2D eigenvalue weighted by atomic mass is 10.1. The topological polar surface area (TPSA) is 105 Å². The van der Waals surface area contributed by atoms with E-state index in [0.717, 1.165) is 21.3 Å². The highest BCUT2D eigenvalue weighted by Gasteiger charge is 2.38. The van der Waals surface area contributed by atoms with Gasteiger partial charge in [0.15, 0.2) is 14.6 Å². The van der Waals surface area contributed by atoms with Gasteiger partial charge in [-0.2, -0.15) is 0 Å². The number of thiazole rings is 1. The summed E-state index contributed by atoms with van der Waals surface area (Å²) >= 11 is 7.61. The smallest absolute Gasteiger partial charge is 0.246 e. The molecule has 1 atom stereocenters. The Labute approximate surface area is 248 Å². The molecule has 2 aliphatic rings. The summed E-state index contributed by atoms with van der Waals surface area (Å²) in [5, 5.41) is 4.23. The van der Waals surface area contributed by atoms with Crippen LogP contribution in [0.25, 0.3) is 10.8 Å². The molecule has 1 unspecified atom stereocenters. The fourth-order valence-corrected chi connectivity index (χ4v) is 7.63. The van der Waals surface area contributed by atoms with E-state index in [1.165, 1.54) is 0 Å². The number of halogens is 1. The Hall–Kier alpha value is -2.77. The molecule has 0 radical (unpaired) electrons. The first kappa shape index (κ1) is 29.7. The molecule has 3 heterocycles. The number of nitrogens with zero attached hydrogens (tertiary/aromatic N) is 5. The van der Waals surface area contributed by atoms with Gasteiger partial charge in [0.1, 0.15) is 6.04 Å². The van der Waals surface area contributed by atoms with E-state index in [0.29, 0.717) is 57.5 Å². The fraction of sp³-hybridized carbons (Fsp3) is 0.464. The maximum Gasteiger partial charge on any atom is 0.246 e. The Morgan fingerprint density at radius 1 is 1.07 bits per heavy atom. The number of amides is 2. The maximum atomic E-state index is 13.7. The van der Waals surface area contributed by atoms with E-state index >= 15 is 0 Å². The molecular weight excluding hydrogens is 586 g/mol. The normalized spacial score (nSPS) is 19.2. The molecule has 41 heavy (non-hydrogen) atoms. The molecule has 3 aromatic rings. The van der Waals surface area contributed by atoms with Crippen molar-refractivity contribution in [3.8, 4) is 0 Å². The quantitative estimate of drug-likeness (QED) is 0.402. The van der Waals surface area contributed by atoms with Gasteiger partial charge in [0.05, 0.1) is 23.9 Å². The minimum atomic E-state index is -3.72. The molecule has 220 valence electrons. The third kappa shape index (κ3) is 6.67. The third-order valence-electron chi connectivity index (χ3n) is 7.71. The number of ether oxygens (including phenoxy) is 1. The van der Waals surface area contributed by atoms with Gasteiger partial charge in [-0.3, -0.25) is 19.5 Å². The summed E-state index contributed by atoms with van der Waals surface area (Å²) in [4.78, 5) is 38.0. The number of carbonyl (C=O) groups excluding carboxylic acids is 2. The molecule has 2 saturated heterocycles. The molecule has 2 fully saturated rings. The molecule has 1 aromatic heterocycles. The van der Waals surface area contributed by atoms with Gasteiger partial charge in [-0.25, -0.2) is 8.42 Å². The van der Waals surface area contributed by atoms with Crippen LogP contribution >= 0.6 is 22.9 Å². The number of piperazine rings is 1. The Morgan fingerprint density at radius 3 is 2.54 bits per heavy atom. The number of morpholine rings is 1. The molecule has 2 aromatic carbocycles. The van der Waals surface area contributed by atoms with Crippen LogP contribution in [-0.2, 0) is 37.8 Å². The Morgan fingerprint density at radius 2 is 1.80 bits per heavy atom. The van der Waals surface area contributed by atoms with Crippen molar-refractivity contribution in [1.29, 1.82) is 0 Å². The number of sulfone groups is 1. The van der Waals surface area contributed by atoms with Crippen LogP contribution in [0.2, 0.25) is 5.02 Å². The molecule has 0 aliphatic carbocycles. The summed E-state index contributed by atoms with van der Waals surface area (Å²) in [6.45, 7) is 3.78. The van der Waals surface area contributed by atoms with Crippen molar-refractivity contribution >= 4 is 55.4 Å². The van der Waals surface area contributed by atoms with E-state index in [2.05, 4.69) is 15.3 Å². The molecule has 0 bridgehead atoms. The van der Waals surface area contributed by atoms with Crippen LogP contribution in [0.3, 0.4) is 0 Å². The van der Waals surface area contributed by atoms with Crippen LogP contribution in [0.1, 0.15) is 12.1 Å². The summed E-state index contributed by atoms with van der Waals surface area (Å²) in [5.41, 5.74) is 1.08. The standard InChI is InChI=1S/C28H34ClN5O5S2/c1-30-28-31(2)23(19-40-28)17-32-8-9-34(25(18-32)27(36)33-10-12-39-13-11-33)26(35)7-14-41(37,38)24-6-4-20-15-22(29)5-3-21(20)16-24/h3-6,15-16,19,25H,7-14,17-18H2,1-2H3. The second-order valence-corrected chi connectivity index (χ2v) is 13.7. The summed E-state index contributed by atoms with van der Waals surface area (Å²) in [7, 11) is 0.00134. The monoisotopic (exact) mass is 619 g/mol. The van der Waals surface area contributed by atoms with Crippen LogP contribution in [-0.4, -0.2) is 104 Å². The zero-order valence-corrected chi connectivity index (χ0v) is 25.6. The predicted molar refractivity (Wildman–Crippen MR) is 159 cm³/mol. The summed E-state index contributed by atoms with van der Waals surface area (Å²) < 4.78 is 33.9. The van der Waals surface area contributed by atoms with Crippen molar-refractivity contribution in [1.82, 2.24) is 19.3 Å². The van der Waals surface area contributed by atoms with Crippen molar-refractivity contribution < 1.29 is 22.7 Å². The van der Waals surface area contributed by atoms with Gasteiger partial charge in [-0.1, -0.05) is 23.7 Å². The SMILES string of the molecule is CN=c1scc(CN2CCN(C(=O)CCS(=O)(=O)c3ccc4cc(Cl)ccc4c3)C(C(=O)N3CCOCC3)C2)n1C. The molecule has 2 aliphatic heterocycles. The first-order valence-electron chi connectivity index (χ1n) is 13.5. The fourth-order valence-electron chi connectivity index (χ4n) is 5.34. The van der Waals surface area contributed by atoms with Crippen LogP contribution < -0.4 is 4.80 Å². The van der Waals surface area contributed by atoms with Gasteiger partial charge < -0.3 is 19.1 Å². The van der Waals surface area contributed by atoms with Crippen molar-refractivity contribution in [2.24, 2.45) is 12.0 Å². The lowest BCUT2D eigenvalue weighted by Crippen LogP contribution is -2.62. The average molecular weight is 620 g/mol. The maximum absolute atomic E-state index is 13.7. The number of fused-ring (bicyclic) bond motifs is 1. The molecule has 0 saturated carbocycles. The van der Waals surface area contributed by atoms with Crippen molar-refractivity contribution in [3.63, 3.8) is 0 Å². The van der Waals surface area contributed by atoms with E-state index in [9.17, 15) is 18.0 Å². The van der Waals surface area contributed by atoms with E-state index in [1.807, 2.05) is 11.6 Å². The van der Waals surface area contributed by atoms with E-state index in [1.54, 1.807) is 64.6 Å². The third-order valence-corrected chi connectivity index (χ3v) is 10.7. The molecule has 5 rings (SSSR count). The summed E-state index contributed by atoms with van der Waals surface area (Å²) in [6.07, 6.45) is -0.200. The molecular formula is C28H34ClN5O5S2.